The number of nitrogens with zero attached hydrogens (tertiary/aromatic N) is 2. The largest absolute Gasteiger partial charge is 2.00 e. The van der Waals surface area contributed by atoms with Gasteiger partial charge in [0.1, 0.15) is 6.34 Å². The first kappa shape index (κ1) is 24.9. The quantitative estimate of drug-likeness (QED) is 0.363. The number of unbranched alkanes of at least 4 members (excludes halogenated alkanes) is 5. The van der Waals surface area contributed by atoms with Crippen molar-refractivity contribution in [1.82, 2.24) is 0 Å². The SMILES string of the molecule is C/C([O-])=C/C=C1/C=NC=N1.CCCCCCCCC(O)C(=O)[O-].[Zn+2]. The third-order valence-corrected chi connectivity index (χ3v) is 3.07. The van der Waals surface area contributed by atoms with Crippen molar-refractivity contribution < 1.29 is 39.6 Å². The fraction of sp³-hybridized carbons (Fsp3) is 0.588. The van der Waals surface area contributed by atoms with Gasteiger partial charge in [-0.3, -0.25) is 0 Å². The summed E-state index contributed by atoms with van der Waals surface area (Å²) in [5.41, 5.74) is 0.718. The van der Waals surface area contributed by atoms with Crippen molar-refractivity contribution in [3.8, 4) is 0 Å². The number of carboxylic acid groups (broad SMARTS) is 1. The fourth-order valence-corrected chi connectivity index (χ4v) is 1.77. The third kappa shape index (κ3) is 15.6. The molecule has 1 rings (SSSR count). The van der Waals surface area contributed by atoms with E-state index in [1.807, 2.05) is 0 Å². The van der Waals surface area contributed by atoms with E-state index in [1.165, 1.54) is 38.6 Å². The van der Waals surface area contributed by atoms with Crippen LogP contribution in [0.4, 0.5) is 0 Å². The van der Waals surface area contributed by atoms with Crippen molar-refractivity contribution in [2.45, 2.75) is 64.9 Å². The number of aliphatic imine (C=N–C) groups is 2. The Hall–Kier alpha value is -1.33. The van der Waals surface area contributed by atoms with E-state index in [0.29, 0.717) is 6.42 Å². The van der Waals surface area contributed by atoms with Gasteiger partial charge in [-0.1, -0.05) is 58.4 Å². The van der Waals surface area contributed by atoms with Gasteiger partial charge in [0.05, 0.1) is 24.0 Å². The number of carbonyl (C=O) groups is 1. The molecule has 1 aliphatic heterocycles. The van der Waals surface area contributed by atoms with Crippen LogP contribution in [0.2, 0.25) is 0 Å². The summed E-state index contributed by atoms with van der Waals surface area (Å²) in [4.78, 5) is 17.7. The first-order chi connectivity index (χ1) is 11.0. The van der Waals surface area contributed by atoms with Crippen LogP contribution in [0, 0.1) is 0 Å². The van der Waals surface area contributed by atoms with Gasteiger partial charge in [0.15, 0.2) is 0 Å². The van der Waals surface area contributed by atoms with Crippen LogP contribution in [-0.2, 0) is 24.3 Å². The van der Waals surface area contributed by atoms with Crippen molar-refractivity contribution >= 4 is 18.5 Å². The molecule has 0 bridgehead atoms. The van der Waals surface area contributed by atoms with Gasteiger partial charge in [-0.05, 0) is 12.5 Å². The molecular formula is C17H26N2O4Zn. The standard InChI is InChI=1S/C10H20O3.C7H8N2O.Zn/c1-2-3-4-5-6-7-8-9(11)10(12)13;1-6(10)2-3-7-4-8-5-9-7;/h9,11H,2-8H2,1H3,(H,12,13);2-5,10H,1H3;/q;;+2/p-2/b;6-2-,7-3-;. The summed E-state index contributed by atoms with van der Waals surface area (Å²) in [5, 5.41) is 29.4. The summed E-state index contributed by atoms with van der Waals surface area (Å²) in [6.07, 6.45) is 11.8. The van der Waals surface area contributed by atoms with E-state index in [9.17, 15) is 15.0 Å². The Morgan fingerprint density at radius 2 is 1.88 bits per heavy atom. The Labute approximate surface area is 156 Å². The molecule has 6 nitrogen and oxygen atoms in total. The zero-order valence-electron chi connectivity index (χ0n) is 14.6. The van der Waals surface area contributed by atoms with Crippen LogP contribution < -0.4 is 10.2 Å². The van der Waals surface area contributed by atoms with Crippen molar-refractivity contribution in [3.63, 3.8) is 0 Å². The number of aliphatic carboxylic acids is 1. The van der Waals surface area contributed by atoms with Crippen LogP contribution in [0.1, 0.15) is 58.8 Å². The molecule has 0 aromatic heterocycles. The Balaban J connectivity index is 0. The van der Waals surface area contributed by atoms with Gasteiger partial charge in [0.25, 0.3) is 0 Å². The van der Waals surface area contributed by atoms with E-state index in [4.69, 9.17) is 5.11 Å². The molecule has 0 aliphatic carbocycles. The third-order valence-electron chi connectivity index (χ3n) is 3.07. The Morgan fingerprint density at radius 1 is 1.25 bits per heavy atom. The second kappa shape index (κ2) is 16.5. The average molecular weight is 388 g/mol. The maximum Gasteiger partial charge on any atom is 2.00 e. The second-order valence-electron chi connectivity index (χ2n) is 5.28. The number of rotatable bonds is 9. The van der Waals surface area contributed by atoms with Crippen LogP contribution >= 0.6 is 0 Å². The van der Waals surface area contributed by atoms with Crippen LogP contribution in [0.3, 0.4) is 0 Å². The van der Waals surface area contributed by atoms with E-state index in [2.05, 4.69) is 16.9 Å². The second-order valence-corrected chi connectivity index (χ2v) is 5.28. The summed E-state index contributed by atoms with van der Waals surface area (Å²) in [5.74, 6) is -1.34. The molecule has 130 valence electrons. The van der Waals surface area contributed by atoms with Gasteiger partial charge in [-0.15, -0.1) is 5.76 Å². The molecule has 0 amide bonds. The van der Waals surface area contributed by atoms with E-state index in [-0.39, 0.29) is 25.2 Å². The maximum atomic E-state index is 10.4. The molecule has 0 spiro atoms. The van der Waals surface area contributed by atoms with Crippen molar-refractivity contribution in [2.75, 3.05) is 0 Å². The molecule has 1 heterocycles. The monoisotopic (exact) mass is 386 g/mol. The molecule has 7 heteroatoms. The van der Waals surface area contributed by atoms with Gasteiger partial charge < -0.3 is 20.1 Å². The number of hydrogen-bond acceptors (Lipinski definition) is 6. The molecular weight excluding hydrogens is 362 g/mol. The predicted octanol–water partition coefficient (Wildman–Crippen LogP) is 1.09. The van der Waals surface area contributed by atoms with Gasteiger partial charge in [0, 0.05) is 0 Å². The fourth-order valence-electron chi connectivity index (χ4n) is 1.77. The normalized spacial score (nSPS) is 15.6. The molecule has 1 N–H and O–H groups in total. The van der Waals surface area contributed by atoms with Crippen LogP contribution in [-0.4, -0.2) is 29.7 Å². The smallest absolute Gasteiger partial charge is 0.876 e. The van der Waals surface area contributed by atoms with Gasteiger partial charge >= 0.3 is 19.5 Å². The minimum atomic E-state index is -1.35. The number of carbonyl (C=O) groups excluding carboxylic acids is 1. The molecule has 1 unspecified atom stereocenters. The van der Waals surface area contributed by atoms with E-state index >= 15 is 0 Å². The summed E-state index contributed by atoms with van der Waals surface area (Å²) in [6, 6.07) is 0. The molecule has 0 aromatic carbocycles. The molecule has 0 fully saturated rings. The number of hydrogen-bond donors (Lipinski definition) is 1. The molecule has 0 saturated heterocycles. The van der Waals surface area contributed by atoms with Crippen molar-refractivity contribution in [1.29, 1.82) is 0 Å². The number of aliphatic hydroxyl groups excluding tert-OH is 1. The number of allylic oxidation sites excluding steroid dienone is 4. The van der Waals surface area contributed by atoms with Crippen LogP contribution in [0.25, 0.3) is 0 Å². The van der Waals surface area contributed by atoms with E-state index < -0.39 is 12.1 Å². The minimum absolute atomic E-state index is 0. The van der Waals surface area contributed by atoms with Crippen molar-refractivity contribution in [3.05, 3.63) is 23.6 Å². The molecule has 0 aromatic rings. The first-order valence-corrected chi connectivity index (χ1v) is 7.97. The number of carboxylic acids is 1. The van der Waals surface area contributed by atoms with Gasteiger partial charge in [-0.2, -0.15) is 0 Å². The summed E-state index contributed by atoms with van der Waals surface area (Å²) in [7, 11) is 0. The Kier molecular flexibility index (Phi) is 17.2. The predicted molar refractivity (Wildman–Crippen MR) is 87.8 cm³/mol. The maximum absolute atomic E-state index is 10.4. The zero-order valence-corrected chi connectivity index (χ0v) is 17.6. The average Bonchev–Trinajstić information content (AvgIpc) is 3.02. The molecule has 1 atom stereocenters. The van der Waals surface area contributed by atoms with Crippen molar-refractivity contribution in [2.24, 2.45) is 9.98 Å². The summed E-state index contributed by atoms with van der Waals surface area (Å²) < 4.78 is 0. The van der Waals surface area contributed by atoms with E-state index in [1.54, 1.807) is 12.3 Å². The number of aliphatic hydroxyl groups is 1. The summed E-state index contributed by atoms with van der Waals surface area (Å²) >= 11 is 0. The van der Waals surface area contributed by atoms with Gasteiger partial charge in [0.2, 0.25) is 0 Å². The minimum Gasteiger partial charge on any atom is -0.876 e. The molecule has 0 saturated carbocycles. The Morgan fingerprint density at radius 3 is 2.38 bits per heavy atom. The molecule has 1 aliphatic rings. The first-order valence-electron chi connectivity index (χ1n) is 7.97. The summed E-state index contributed by atoms with van der Waals surface area (Å²) in [6.45, 7) is 3.65. The van der Waals surface area contributed by atoms with Gasteiger partial charge in [-0.25, -0.2) is 9.98 Å². The Bertz CT molecular complexity index is 442. The molecule has 0 radical (unpaired) electrons. The van der Waals surface area contributed by atoms with Crippen LogP contribution in [0.5, 0.6) is 0 Å². The zero-order chi connectivity index (χ0) is 17.5. The topological polar surface area (TPSA) is 108 Å². The van der Waals surface area contributed by atoms with Crippen LogP contribution in [0.15, 0.2) is 33.6 Å². The molecule has 24 heavy (non-hydrogen) atoms. The van der Waals surface area contributed by atoms with E-state index in [0.717, 1.165) is 25.0 Å².